The zero-order valence-electron chi connectivity index (χ0n) is 18.2. The largest absolute Gasteiger partial charge is 0.354 e. The summed E-state index contributed by atoms with van der Waals surface area (Å²) in [6, 6.07) is 8.58. The lowest BCUT2D eigenvalue weighted by Crippen LogP contribution is -2.46. The Labute approximate surface area is 186 Å². The van der Waals surface area contributed by atoms with Crippen molar-refractivity contribution < 1.29 is 9.18 Å². The molecule has 1 saturated heterocycles. The van der Waals surface area contributed by atoms with Crippen LogP contribution in [0.15, 0.2) is 36.7 Å². The lowest BCUT2D eigenvalue weighted by Gasteiger charge is -2.25. The first-order valence-electron chi connectivity index (χ1n) is 10.6. The molecule has 8 heteroatoms. The number of rotatable bonds is 4. The highest BCUT2D eigenvalue weighted by molar-refractivity contribution is 7.22. The number of carbonyl (C=O) groups excluding carboxylic acids is 1. The maximum Gasteiger partial charge on any atom is 0.234 e. The Morgan fingerprint density at radius 2 is 1.90 bits per heavy atom. The molecule has 3 heterocycles. The van der Waals surface area contributed by atoms with Crippen molar-refractivity contribution in [2.75, 3.05) is 37.6 Å². The van der Waals surface area contributed by atoms with Gasteiger partial charge in [0.2, 0.25) is 5.91 Å². The van der Waals surface area contributed by atoms with Gasteiger partial charge >= 0.3 is 0 Å². The summed E-state index contributed by atoms with van der Waals surface area (Å²) in [6.45, 7) is 9.78. The molecule has 164 valence electrons. The van der Waals surface area contributed by atoms with Gasteiger partial charge < -0.3 is 10.2 Å². The number of thiophene rings is 1. The second kappa shape index (κ2) is 8.88. The van der Waals surface area contributed by atoms with Gasteiger partial charge in [-0.25, -0.2) is 14.4 Å². The average molecular weight is 442 g/mol. The SMILES string of the molecule is CC(C)(C)NC(=O)CN1CCCN(c2ncnc3cc(-c4ccc(F)cc4)sc23)CC1. The summed E-state index contributed by atoms with van der Waals surface area (Å²) in [7, 11) is 0. The van der Waals surface area contributed by atoms with E-state index >= 15 is 0 Å². The molecule has 1 N–H and O–H groups in total. The van der Waals surface area contributed by atoms with Gasteiger partial charge in [0.15, 0.2) is 0 Å². The fourth-order valence-corrected chi connectivity index (χ4v) is 4.96. The number of amides is 1. The molecule has 1 amide bonds. The minimum atomic E-state index is -0.240. The molecule has 0 bridgehead atoms. The van der Waals surface area contributed by atoms with Crippen molar-refractivity contribution in [1.82, 2.24) is 20.2 Å². The van der Waals surface area contributed by atoms with Crippen LogP contribution >= 0.6 is 11.3 Å². The molecule has 0 unspecified atom stereocenters. The van der Waals surface area contributed by atoms with E-state index in [0.29, 0.717) is 6.54 Å². The predicted molar refractivity (Wildman–Crippen MR) is 124 cm³/mol. The number of hydrogen-bond donors (Lipinski definition) is 1. The van der Waals surface area contributed by atoms with Gasteiger partial charge in [0, 0.05) is 36.6 Å². The third kappa shape index (κ3) is 5.37. The third-order valence-corrected chi connectivity index (χ3v) is 6.36. The van der Waals surface area contributed by atoms with Crippen molar-refractivity contribution in [3.05, 3.63) is 42.5 Å². The van der Waals surface area contributed by atoms with E-state index in [4.69, 9.17) is 0 Å². The molecule has 1 aliphatic heterocycles. The van der Waals surface area contributed by atoms with E-state index in [2.05, 4.69) is 25.1 Å². The van der Waals surface area contributed by atoms with Crippen LogP contribution in [0.25, 0.3) is 20.7 Å². The molecule has 6 nitrogen and oxygen atoms in total. The van der Waals surface area contributed by atoms with Gasteiger partial charge in [-0.05, 0) is 51.0 Å². The third-order valence-electron chi connectivity index (χ3n) is 5.19. The van der Waals surface area contributed by atoms with Crippen LogP contribution < -0.4 is 10.2 Å². The fraction of sp³-hybridized carbons (Fsp3) is 0.435. The van der Waals surface area contributed by atoms with E-state index in [0.717, 1.165) is 59.1 Å². The predicted octanol–water partition coefficient (Wildman–Crippen LogP) is 3.92. The highest BCUT2D eigenvalue weighted by Crippen LogP contribution is 2.37. The smallest absolute Gasteiger partial charge is 0.234 e. The van der Waals surface area contributed by atoms with Gasteiger partial charge in [-0.2, -0.15) is 0 Å². The number of benzene rings is 1. The number of anilines is 1. The monoisotopic (exact) mass is 441 g/mol. The molecule has 2 aromatic heterocycles. The van der Waals surface area contributed by atoms with Gasteiger partial charge in [0.05, 0.1) is 16.8 Å². The van der Waals surface area contributed by atoms with Gasteiger partial charge in [-0.1, -0.05) is 12.1 Å². The maximum atomic E-state index is 13.3. The van der Waals surface area contributed by atoms with Crippen LogP contribution in [-0.4, -0.2) is 59.0 Å². The molecule has 0 aliphatic carbocycles. The molecule has 3 aromatic rings. The van der Waals surface area contributed by atoms with Gasteiger partial charge in [0.1, 0.15) is 18.0 Å². The highest BCUT2D eigenvalue weighted by atomic mass is 32.1. The lowest BCUT2D eigenvalue weighted by atomic mass is 10.1. The van der Waals surface area contributed by atoms with E-state index in [1.807, 2.05) is 26.8 Å². The Balaban J connectivity index is 1.50. The molecular formula is C23H28FN5OS. The Kier molecular flexibility index (Phi) is 6.20. The van der Waals surface area contributed by atoms with Crippen molar-refractivity contribution in [3.63, 3.8) is 0 Å². The molecule has 1 aromatic carbocycles. The quantitative estimate of drug-likeness (QED) is 0.665. The van der Waals surface area contributed by atoms with Crippen LogP contribution in [0, 0.1) is 5.82 Å². The molecule has 4 rings (SSSR count). The van der Waals surface area contributed by atoms with Crippen LogP contribution in [0.3, 0.4) is 0 Å². The lowest BCUT2D eigenvalue weighted by molar-refractivity contribution is -0.123. The molecule has 0 saturated carbocycles. The fourth-order valence-electron chi connectivity index (χ4n) is 3.83. The number of halogens is 1. The number of nitrogens with zero attached hydrogens (tertiary/aromatic N) is 4. The van der Waals surface area contributed by atoms with E-state index in [1.54, 1.807) is 29.8 Å². The number of hydrogen-bond acceptors (Lipinski definition) is 6. The average Bonchev–Trinajstić information content (AvgIpc) is 3.01. The summed E-state index contributed by atoms with van der Waals surface area (Å²) < 4.78 is 14.3. The molecular weight excluding hydrogens is 413 g/mol. The van der Waals surface area contributed by atoms with E-state index < -0.39 is 0 Å². The van der Waals surface area contributed by atoms with Crippen LogP contribution in [-0.2, 0) is 4.79 Å². The second-order valence-electron chi connectivity index (χ2n) is 8.94. The van der Waals surface area contributed by atoms with Crippen molar-refractivity contribution in [3.8, 4) is 10.4 Å². The normalized spacial score (nSPS) is 15.8. The first-order valence-corrected chi connectivity index (χ1v) is 11.4. The second-order valence-corrected chi connectivity index (χ2v) is 10.00. The Morgan fingerprint density at radius 1 is 1.13 bits per heavy atom. The van der Waals surface area contributed by atoms with Crippen LogP contribution in [0.1, 0.15) is 27.2 Å². The van der Waals surface area contributed by atoms with E-state index in [9.17, 15) is 9.18 Å². The summed E-state index contributed by atoms with van der Waals surface area (Å²) in [4.78, 5) is 26.9. The van der Waals surface area contributed by atoms with Crippen molar-refractivity contribution >= 4 is 33.3 Å². The highest BCUT2D eigenvalue weighted by Gasteiger charge is 2.22. The van der Waals surface area contributed by atoms with Crippen LogP contribution in [0.4, 0.5) is 10.2 Å². The Hall–Kier alpha value is -2.58. The zero-order chi connectivity index (χ0) is 22.0. The molecule has 31 heavy (non-hydrogen) atoms. The topological polar surface area (TPSA) is 61.4 Å². The van der Waals surface area contributed by atoms with Gasteiger partial charge in [-0.3, -0.25) is 9.69 Å². The summed E-state index contributed by atoms with van der Waals surface area (Å²) in [6.07, 6.45) is 2.57. The maximum absolute atomic E-state index is 13.3. The minimum Gasteiger partial charge on any atom is -0.354 e. The summed E-state index contributed by atoms with van der Waals surface area (Å²) >= 11 is 1.63. The Bertz CT molecular complexity index is 1060. The first kappa shape index (κ1) is 21.6. The van der Waals surface area contributed by atoms with Crippen LogP contribution in [0.5, 0.6) is 0 Å². The number of fused-ring (bicyclic) bond motifs is 1. The van der Waals surface area contributed by atoms with Crippen molar-refractivity contribution in [2.24, 2.45) is 0 Å². The van der Waals surface area contributed by atoms with E-state index in [-0.39, 0.29) is 17.3 Å². The Morgan fingerprint density at radius 3 is 2.65 bits per heavy atom. The molecule has 0 spiro atoms. The summed E-state index contributed by atoms with van der Waals surface area (Å²) in [5, 5.41) is 3.04. The zero-order valence-corrected chi connectivity index (χ0v) is 19.0. The summed E-state index contributed by atoms with van der Waals surface area (Å²) in [5.41, 5.74) is 1.66. The van der Waals surface area contributed by atoms with Gasteiger partial charge in [-0.15, -0.1) is 11.3 Å². The first-order chi connectivity index (χ1) is 14.8. The number of nitrogens with one attached hydrogen (secondary N) is 1. The molecule has 0 atom stereocenters. The van der Waals surface area contributed by atoms with Crippen LogP contribution in [0.2, 0.25) is 0 Å². The molecule has 0 radical (unpaired) electrons. The standard InChI is InChI=1S/C23H28FN5OS/c1-23(2,3)27-20(30)14-28-9-4-10-29(12-11-28)22-21-18(25-15-26-22)13-19(31-21)16-5-7-17(24)8-6-16/h5-8,13,15H,4,9-12,14H2,1-3H3,(H,27,30). The minimum absolute atomic E-state index is 0.0626. The summed E-state index contributed by atoms with van der Waals surface area (Å²) in [5.74, 6) is 0.757. The van der Waals surface area contributed by atoms with Crippen molar-refractivity contribution in [1.29, 1.82) is 0 Å². The van der Waals surface area contributed by atoms with E-state index in [1.165, 1.54) is 12.1 Å². The van der Waals surface area contributed by atoms with Gasteiger partial charge in [0.25, 0.3) is 0 Å². The van der Waals surface area contributed by atoms with Crippen molar-refractivity contribution in [2.45, 2.75) is 32.7 Å². The molecule has 1 aliphatic rings. The number of aromatic nitrogens is 2. The number of carbonyl (C=O) groups is 1. The molecule has 1 fully saturated rings.